The van der Waals surface area contributed by atoms with E-state index in [1.807, 2.05) is 0 Å². The van der Waals surface area contributed by atoms with Crippen LogP contribution in [0.3, 0.4) is 0 Å². The summed E-state index contributed by atoms with van der Waals surface area (Å²) >= 11 is 0. The minimum Gasteiger partial charge on any atom is -0.465 e. The maximum Gasteiger partial charge on any atom is 0.337 e. The minimum atomic E-state index is -0.412. The molecule has 2 aromatic rings. The number of anilines is 2. The Balaban J connectivity index is 1.96. The predicted octanol–water partition coefficient (Wildman–Crippen LogP) is 2.93. The molecule has 132 valence electrons. The highest BCUT2D eigenvalue weighted by Crippen LogP contribution is 2.16. The van der Waals surface area contributed by atoms with Crippen LogP contribution in [0.1, 0.15) is 47.0 Å². The van der Waals surface area contributed by atoms with Crippen LogP contribution in [0.25, 0.3) is 0 Å². The van der Waals surface area contributed by atoms with Crippen molar-refractivity contribution >= 4 is 23.4 Å². The van der Waals surface area contributed by atoms with Crippen LogP contribution in [0.15, 0.2) is 36.4 Å². The number of carbonyl (C=O) groups excluding carboxylic acids is 2. The molecule has 0 unspecified atom stereocenters. The lowest BCUT2D eigenvalue weighted by atomic mass is 10.2. The molecule has 0 aliphatic heterocycles. The largest absolute Gasteiger partial charge is 0.465 e. The average molecular weight is 342 g/mol. The number of hydrogen-bond donors (Lipinski definition) is 2. The summed E-state index contributed by atoms with van der Waals surface area (Å²) in [5.41, 5.74) is 1.38. The van der Waals surface area contributed by atoms with Gasteiger partial charge >= 0.3 is 5.97 Å². The zero-order chi connectivity index (χ0) is 18.1. The molecule has 0 fully saturated rings. The van der Waals surface area contributed by atoms with E-state index in [1.165, 1.54) is 7.11 Å². The second-order valence-electron chi connectivity index (χ2n) is 5.46. The Labute approximate surface area is 146 Å². The van der Waals surface area contributed by atoms with Gasteiger partial charge in [-0.25, -0.2) is 4.79 Å². The van der Waals surface area contributed by atoms with Crippen molar-refractivity contribution in [1.29, 1.82) is 0 Å². The van der Waals surface area contributed by atoms with Crippen LogP contribution in [0.4, 0.5) is 11.5 Å². The first-order valence-corrected chi connectivity index (χ1v) is 8.21. The normalized spacial score (nSPS) is 10.2. The van der Waals surface area contributed by atoms with Crippen LogP contribution >= 0.6 is 0 Å². The van der Waals surface area contributed by atoms with Gasteiger partial charge in [0, 0.05) is 12.2 Å². The topological polar surface area (TPSA) is 93.2 Å². The quantitative estimate of drug-likeness (QED) is 0.566. The number of benzene rings is 1. The van der Waals surface area contributed by atoms with Crippen molar-refractivity contribution in [1.82, 2.24) is 15.5 Å². The van der Waals surface area contributed by atoms with E-state index in [4.69, 9.17) is 4.74 Å². The molecule has 0 bridgehead atoms. The molecule has 0 aliphatic carbocycles. The van der Waals surface area contributed by atoms with Gasteiger partial charge in [-0.15, -0.1) is 10.2 Å². The highest BCUT2D eigenvalue weighted by atomic mass is 16.5. The van der Waals surface area contributed by atoms with Gasteiger partial charge in [-0.05, 0) is 36.8 Å². The molecule has 0 saturated carbocycles. The highest BCUT2D eigenvalue weighted by Gasteiger charge is 2.09. The van der Waals surface area contributed by atoms with Gasteiger partial charge < -0.3 is 15.4 Å². The fraction of sp³-hybridized carbons (Fsp3) is 0.333. The number of hydrogen-bond acceptors (Lipinski definition) is 6. The SMILES string of the molecule is CCCCCNC(=O)c1ccc(Nc2cccc(C(=O)OC)c2)nn1. The number of nitrogens with zero attached hydrogens (tertiary/aromatic N) is 2. The minimum absolute atomic E-state index is 0.233. The van der Waals surface area contributed by atoms with Crippen LogP contribution in [-0.4, -0.2) is 35.7 Å². The zero-order valence-corrected chi connectivity index (χ0v) is 14.4. The van der Waals surface area contributed by atoms with Crippen LogP contribution in [-0.2, 0) is 4.74 Å². The standard InChI is InChI=1S/C18H22N4O3/c1-3-4-5-11-19-17(23)15-9-10-16(22-21-15)20-14-8-6-7-13(12-14)18(24)25-2/h6-10,12H,3-5,11H2,1-2H3,(H,19,23)(H,20,22). The number of aromatic nitrogens is 2. The number of nitrogens with one attached hydrogen (secondary N) is 2. The van der Waals surface area contributed by atoms with Crippen molar-refractivity contribution in [3.05, 3.63) is 47.7 Å². The summed E-state index contributed by atoms with van der Waals surface area (Å²) in [4.78, 5) is 23.5. The third-order valence-corrected chi connectivity index (χ3v) is 3.52. The Kier molecular flexibility index (Phi) is 6.88. The summed E-state index contributed by atoms with van der Waals surface area (Å²) in [6, 6.07) is 10.1. The lowest BCUT2D eigenvalue weighted by Gasteiger charge is -2.07. The second kappa shape index (κ2) is 9.36. The summed E-state index contributed by atoms with van der Waals surface area (Å²) in [5.74, 6) is -0.169. The molecule has 0 radical (unpaired) electrons. The van der Waals surface area contributed by atoms with Gasteiger partial charge in [0.25, 0.3) is 5.91 Å². The zero-order valence-electron chi connectivity index (χ0n) is 14.4. The average Bonchev–Trinajstić information content (AvgIpc) is 2.65. The summed E-state index contributed by atoms with van der Waals surface area (Å²) in [6.07, 6.45) is 3.14. The maximum atomic E-state index is 11.9. The third kappa shape index (κ3) is 5.56. The number of esters is 1. The van der Waals surface area contributed by atoms with Gasteiger partial charge in [0.15, 0.2) is 11.5 Å². The Morgan fingerprint density at radius 3 is 2.64 bits per heavy atom. The molecule has 1 heterocycles. The summed E-state index contributed by atoms with van der Waals surface area (Å²) < 4.78 is 4.69. The molecule has 1 amide bonds. The van der Waals surface area contributed by atoms with Crippen molar-refractivity contribution in [2.24, 2.45) is 0 Å². The molecule has 0 spiro atoms. The smallest absolute Gasteiger partial charge is 0.337 e. The van der Waals surface area contributed by atoms with E-state index in [1.54, 1.807) is 36.4 Å². The van der Waals surface area contributed by atoms with E-state index in [9.17, 15) is 9.59 Å². The first kappa shape index (κ1) is 18.4. The van der Waals surface area contributed by atoms with Crippen molar-refractivity contribution in [3.8, 4) is 0 Å². The molecule has 0 aliphatic rings. The second-order valence-corrected chi connectivity index (χ2v) is 5.46. The molecule has 25 heavy (non-hydrogen) atoms. The van der Waals surface area contributed by atoms with Crippen LogP contribution in [0.2, 0.25) is 0 Å². The fourth-order valence-electron chi connectivity index (χ4n) is 2.18. The van der Waals surface area contributed by atoms with Gasteiger partial charge in [0.1, 0.15) is 0 Å². The fourth-order valence-corrected chi connectivity index (χ4v) is 2.18. The highest BCUT2D eigenvalue weighted by molar-refractivity contribution is 5.92. The molecule has 1 aromatic carbocycles. The van der Waals surface area contributed by atoms with Crippen molar-refractivity contribution in [3.63, 3.8) is 0 Å². The Hall–Kier alpha value is -2.96. The predicted molar refractivity (Wildman–Crippen MR) is 95.0 cm³/mol. The molecule has 1 aromatic heterocycles. The van der Waals surface area contributed by atoms with Gasteiger partial charge in [-0.3, -0.25) is 4.79 Å². The first-order valence-electron chi connectivity index (χ1n) is 8.21. The van der Waals surface area contributed by atoms with E-state index in [2.05, 4.69) is 27.8 Å². The van der Waals surface area contributed by atoms with Crippen LogP contribution in [0.5, 0.6) is 0 Å². The van der Waals surface area contributed by atoms with Gasteiger partial charge in [-0.1, -0.05) is 25.8 Å². The first-order chi connectivity index (χ1) is 12.1. The van der Waals surface area contributed by atoms with E-state index < -0.39 is 5.97 Å². The molecular formula is C18H22N4O3. The number of methoxy groups -OCH3 is 1. The van der Waals surface area contributed by atoms with E-state index in [0.29, 0.717) is 23.6 Å². The Bertz CT molecular complexity index is 717. The molecule has 2 N–H and O–H groups in total. The third-order valence-electron chi connectivity index (χ3n) is 3.52. The van der Waals surface area contributed by atoms with Crippen LogP contribution < -0.4 is 10.6 Å². The van der Waals surface area contributed by atoms with E-state index >= 15 is 0 Å². The van der Waals surface area contributed by atoms with Crippen molar-refractivity contribution < 1.29 is 14.3 Å². The maximum absolute atomic E-state index is 11.9. The van der Waals surface area contributed by atoms with E-state index in [-0.39, 0.29) is 11.6 Å². The number of rotatable bonds is 8. The Morgan fingerprint density at radius 1 is 1.12 bits per heavy atom. The number of ether oxygens (including phenoxy) is 1. The molecule has 7 heteroatoms. The summed E-state index contributed by atoms with van der Waals surface area (Å²) in [6.45, 7) is 2.74. The lowest BCUT2D eigenvalue weighted by molar-refractivity contribution is 0.0600. The van der Waals surface area contributed by atoms with Crippen LogP contribution in [0, 0.1) is 0 Å². The van der Waals surface area contributed by atoms with Gasteiger partial charge in [0.2, 0.25) is 0 Å². The number of unbranched alkanes of at least 4 members (excludes halogenated alkanes) is 2. The van der Waals surface area contributed by atoms with E-state index in [0.717, 1.165) is 19.3 Å². The molecule has 0 atom stereocenters. The summed E-state index contributed by atoms with van der Waals surface area (Å²) in [7, 11) is 1.33. The Morgan fingerprint density at radius 2 is 1.96 bits per heavy atom. The van der Waals surface area contributed by atoms with Gasteiger partial charge in [-0.2, -0.15) is 0 Å². The molecule has 7 nitrogen and oxygen atoms in total. The molecular weight excluding hydrogens is 320 g/mol. The van der Waals surface area contributed by atoms with Crippen molar-refractivity contribution in [2.45, 2.75) is 26.2 Å². The molecule has 0 saturated heterocycles. The summed E-state index contributed by atoms with van der Waals surface area (Å²) in [5, 5.41) is 13.8. The number of carbonyl (C=O) groups is 2. The lowest BCUT2D eigenvalue weighted by Crippen LogP contribution is -2.25. The number of amides is 1. The van der Waals surface area contributed by atoms with Gasteiger partial charge in [0.05, 0.1) is 12.7 Å². The monoisotopic (exact) mass is 342 g/mol. The van der Waals surface area contributed by atoms with Crippen molar-refractivity contribution in [2.75, 3.05) is 19.0 Å². The molecule has 2 rings (SSSR count).